The number of nitrogens with zero attached hydrogens (tertiary/aromatic N) is 2. The highest BCUT2D eigenvalue weighted by molar-refractivity contribution is 7.98. The monoisotopic (exact) mass is 248 g/mol. The molecule has 2 rings (SSSR count). The van der Waals surface area contributed by atoms with E-state index in [4.69, 9.17) is 5.11 Å². The summed E-state index contributed by atoms with van der Waals surface area (Å²) in [5.41, 5.74) is 1.00. The zero-order chi connectivity index (χ0) is 12.3. The summed E-state index contributed by atoms with van der Waals surface area (Å²) in [6, 6.07) is 9.88. The molecule has 17 heavy (non-hydrogen) atoms. The number of carboxylic acids is 1. The smallest absolute Gasteiger partial charge is 0.339 e. The molecule has 2 aromatic rings. The molecular weight excluding hydrogens is 236 g/mol. The van der Waals surface area contributed by atoms with Crippen LogP contribution >= 0.6 is 11.8 Å². The van der Waals surface area contributed by atoms with Gasteiger partial charge >= 0.3 is 5.97 Å². The van der Waals surface area contributed by atoms with E-state index in [-0.39, 0.29) is 5.56 Å². The van der Waals surface area contributed by atoms with Crippen molar-refractivity contribution in [2.24, 2.45) is 7.05 Å². The molecule has 0 saturated heterocycles. The van der Waals surface area contributed by atoms with Crippen molar-refractivity contribution < 1.29 is 9.90 Å². The van der Waals surface area contributed by atoms with Gasteiger partial charge in [0.05, 0.1) is 11.9 Å². The lowest BCUT2D eigenvalue weighted by atomic mass is 10.3. The molecule has 88 valence electrons. The van der Waals surface area contributed by atoms with Gasteiger partial charge in [-0.3, -0.25) is 4.68 Å². The third kappa shape index (κ3) is 2.68. The third-order valence-corrected chi connectivity index (χ3v) is 3.43. The van der Waals surface area contributed by atoms with Crippen molar-refractivity contribution in [3.63, 3.8) is 0 Å². The Morgan fingerprint density at radius 1 is 1.41 bits per heavy atom. The number of rotatable bonds is 4. The second kappa shape index (κ2) is 5.05. The van der Waals surface area contributed by atoms with Crippen LogP contribution in [0.3, 0.4) is 0 Å². The fourth-order valence-corrected chi connectivity index (χ4v) is 2.48. The van der Waals surface area contributed by atoms with Crippen molar-refractivity contribution in [3.8, 4) is 0 Å². The summed E-state index contributed by atoms with van der Waals surface area (Å²) >= 11 is 1.60. The maximum absolute atomic E-state index is 11.0. The van der Waals surface area contributed by atoms with Crippen LogP contribution in [0, 0.1) is 0 Å². The van der Waals surface area contributed by atoms with Gasteiger partial charge < -0.3 is 5.11 Å². The number of hydrogen-bond acceptors (Lipinski definition) is 3. The molecule has 0 unspecified atom stereocenters. The van der Waals surface area contributed by atoms with Gasteiger partial charge in [0.15, 0.2) is 0 Å². The fourth-order valence-electron chi connectivity index (χ4n) is 1.48. The minimum Gasteiger partial charge on any atom is -0.478 e. The first-order valence-corrected chi connectivity index (χ1v) is 6.09. The molecule has 0 amide bonds. The van der Waals surface area contributed by atoms with Gasteiger partial charge in [-0.05, 0) is 12.1 Å². The molecule has 0 aliphatic heterocycles. The first-order chi connectivity index (χ1) is 8.18. The summed E-state index contributed by atoms with van der Waals surface area (Å²) in [4.78, 5) is 12.1. The van der Waals surface area contributed by atoms with Crippen molar-refractivity contribution in [3.05, 3.63) is 47.8 Å². The van der Waals surface area contributed by atoms with Crippen LogP contribution in [0.1, 0.15) is 16.1 Å². The van der Waals surface area contributed by atoms with E-state index in [0.29, 0.717) is 5.75 Å². The first kappa shape index (κ1) is 11.7. The fraction of sp³-hybridized carbons (Fsp3) is 0.167. The molecule has 0 fully saturated rings. The molecule has 1 aromatic carbocycles. The SMILES string of the molecule is Cn1ncc(C(=O)O)c1CSc1ccccc1. The number of benzene rings is 1. The van der Waals surface area contributed by atoms with E-state index in [9.17, 15) is 4.79 Å². The lowest BCUT2D eigenvalue weighted by Crippen LogP contribution is -2.03. The number of carboxylic acid groups (broad SMARTS) is 1. The predicted molar refractivity (Wildman–Crippen MR) is 66.2 cm³/mol. The standard InChI is InChI=1S/C12H12N2O2S/c1-14-11(10(7-13-14)12(15)16)8-17-9-5-3-2-4-6-9/h2-7H,8H2,1H3,(H,15,16). The van der Waals surface area contributed by atoms with Crippen LogP contribution in [-0.2, 0) is 12.8 Å². The lowest BCUT2D eigenvalue weighted by molar-refractivity contribution is 0.0696. The zero-order valence-electron chi connectivity index (χ0n) is 9.33. The molecule has 1 aromatic heterocycles. The van der Waals surface area contributed by atoms with E-state index in [1.54, 1.807) is 23.5 Å². The summed E-state index contributed by atoms with van der Waals surface area (Å²) in [7, 11) is 1.76. The molecular formula is C12H12N2O2S. The lowest BCUT2D eigenvalue weighted by Gasteiger charge is -2.03. The molecule has 0 spiro atoms. The van der Waals surface area contributed by atoms with Crippen molar-refractivity contribution in [1.29, 1.82) is 0 Å². The van der Waals surface area contributed by atoms with Gasteiger partial charge in [-0.2, -0.15) is 5.10 Å². The van der Waals surface area contributed by atoms with Crippen LogP contribution in [-0.4, -0.2) is 20.9 Å². The number of aromatic nitrogens is 2. The Kier molecular flexibility index (Phi) is 3.49. The van der Waals surface area contributed by atoms with Crippen LogP contribution in [0.5, 0.6) is 0 Å². The minimum absolute atomic E-state index is 0.274. The van der Waals surface area contributed by atoms with Gasteiger partial charge in [0.2, 0.25) is 0 Å². The molecule has 0 bridgehead atoms. The molecule has 0 aliphatic rings. The average molecular weight is 248 g/mol. The van der Waals surface area contributed by atoms with Crippen molar-refractivity contribution >= 4 is 17.7 Å². The summed E-state index contributed by atoms with van der Waals surface area (Å²) in [5.74, 6) is -0.330. The minimum atomic E-state index is -0.929. The van der Waals surface area contributed by atoms with E-state index < -0.39 is 5.97 Å². The number of aromatic carboxylic acids is 1. The summed E-state index contributed by atoms with van der Waals surface area (Å²) in [6.07, 6.45) is 1.39. The van der Waals surface area contributed by atoms with Crippen LogP contribution in [0.15, 0.2) is 41.4 Å². The zero-order valence-corrected chi connectivity index (χ0v) is 10.1. The molecule has 0 saturated carbocycles. The van der Waals surface area contributed by atoms with Crippen molar-refractivity contribution in [2.75, 3.05) is 0 Å². The largest absolute Gasteiger partial charge is 0.478 e. The number of aryl methyl sites for hydroxylation is 1. The second-order valence-corrected chi connectivity index (χ2v) is 4.58. The highest BCUT2D eigenvalue weighted by Crippen LogP contribution is 2.23. The summed E-state index contributed by atoms with van der Waals surface area (Å²) in [6.45, 7) is 0. The van der Waals surface area contributed by atoms with Gasteiger partial charge in [0.25, 0.3) is 0 Å². The molecule has 1 heterocycles. The van der Waals surface area contributed by atoms with E-state index >= 15 is 0 Å². The molecule has 1 N–H and O–H groups in total. The van der Waals surface area contributed by atoms with E-state index in [1.165, 1.54) is 6.20 Å². The normalized spacial score (nSPS) is 10.4. The Bertz CT molecular complexity index is 523. The van der Waals surface area contributed by atoms with Crippen LogP contribution in [0.4, 0.5) is 0 Å². The van der Waals surface area contributed by atoms with Crippen LogP contribution in [0.25, 0.3) is 0 Å². The maximum Gasteiger partial charge on any atom is 0.339 e. The van der Waals surface area contributed by atoms with Crippen molar-refractivity contribution in [1.82, 2.24) is 9.78 Å². The highest BCUT2D eigenvalue weighted by Gasteiger charge is 2.14. The van der Waals surface area contributed by atoms with Gasteiger partial charge in [-0.25, -0.2) is 4.79 Å². The van der Waals surface area contributed by atoms with Crippen molar-refractivity contribution in [2.45, 2.75) is 10.6 Å². The van der Waals surface area contributed by atoms with E-state index in [2.05, 4.69) is 5.10 Å². The third-order valence-electron chi connectivity index (χ3n) is 2.41. The first-order valence-electron chi connectivity index (χ1n) is 5.10. The summed E-state index contributed by atoms with van der Waals surface area (Å²) in [5, 5.41) is 13.0. The van der Waals surface area contributed by atoms with Gasteiger partial charge in [-0.1, -0.05) is 18.2 Å². The molecule has 0 radical (unpaired) electrons. The summed E-state index contributed by atoms with van der Waals surface area (Å²) < 4.78 is 1.61. The van der Waals surface area contributed by atoms with E-state index in [0.717, 1.165) is 10.6 Å². The van der Waals surface area contributed by atoms with Crippen LogP contribution < -0.4 is 0 Å². The maximum atomic E-state index is 11.0. The molecule has 0 aliphatic carbocycles. The van der Waals surface area contributed by atoms with Gasteiger partial charge in [0, 0.05) is 17.7 Å². The average Bonchev–Trinajstić information content (AvgIpc) is 2.69. The Hall–Kier alpha value is -1.75. The number of hydrogen-bond donors (Lipinski definition) is 1. The van der Waals surface area contributed by atoms with Crippen LogP contribution in [0.2, 0.25) is 0 Å². The Morgan fingerprint density at radius 3 is 2.76 bits per heavy atom. The quantitative estimate of drug-likeness (QED) is 0.844. The predicted octanol–water partition coefficient (Wildman–Crippen LogP) is 2.41. The molecule has 5 heteroatoms. The topological polar surface area (TPSA) is 55.1 Å². The molecule has 4 nitrogen and oxygen atoms in total. The Labute approximate surface area is 103 Å². The Balaban J connectivity index is 2.14. The Morgan fingerprint density at radius 2 is 2.12 bits per heavy atom. The van der Waals surface area contributed by atoms with E-state index in [1.807, 2.05) is 30.3 Å². The van der Waals surface area contributed by atoms with Gasteiger partial charge in [0.1, 0.15) is 5.56 Å². The molecule has 0 atom stereocenters. The highest BCUT2D eigenvalue weighted by atomic mass is 32.2. The van der Waals surface area contributed by atoms with Gasteiger partial charge in [-0.15, -0.1) is 11.8 Å². The second-order valence-electron chi connectivity index (χ2n) is 3.54. The number of carbonyl (C=O) groups is 1. The number of thioether (sulfide) groups is 1.